The third-order valence-corrected chi connectivity index (χ3v) is 3.59. The van der Waals surface area contributed by atoms with Gasteiger partial charge in [0.2, 0.25) is 0 Å². The Morgan fingerprint density at radius 3 is 3.00 bits per heavy atom. The van der Waals surface area contributed by atoms with Gasteiger partial charge in [0, 0.05) is 25.6 Å². The minimum absolute atomic E-state index is 0.725. The Balaban J connectivity index is 1.74. The van der Waals surface area contributed by atoms with Gasteiger partial charge in [-0.3, -0.25) is 4.99 Å². The molecule has 1 fully saturated rings. The number of nitrogens with one attached hydrogen (secondary N) is 1. The van der Waals surface area contributed by atoms with Gasteiger partial charge in [0.05, 0.1) is 5.84 Å². The maximum Gasteiger partial charge on any atom is 0.0963 e. The molecule has 1 atom stereocenters. The van der Waals surface area contributed by atoms with Crippen LogP contribution >= 0.6 is 0 Å². The highest BCUT2D eigenvalue weighted by Crippen LogP contribution is 2.14. The van der Waals surface area contributed by atoms with Crippen LogP contribution in [0.5, 0.6) is 0 Å². The van der Waals surface area contributed by atoms with Gasteiger partial charge in [-0.05, 0) is 39.3 Å². The number of likely N-dealkylation sites (N-methyl/N-ethyl adjacent to an activating group) is 1. The summed E-state index contributed by atoms with van der Waals surface area (Å²) in [5.74, 6) is 1.25. The lowest BCUT2D eigenvalue weighted by atomic mass is 10.0. The first-order chi connectivity index (χ1) is 7.36. The summed E-state index contributed by atoms with van der Waals surface area (Å²) in [6.45, 7) is 3.39. The van der Waals surface area contributed by atoms with Crippen molar-refractivity contribution >= 4 is 5.84 Å². The van der Waals surface area contributed by atoms with Crippen molar-refractivity contribution in [3.8, 4) is 0 Å². The standard InChI is InChI=1S/C12H23N3/c1-15-9-5-3-6-11(15)10-14-12-7-2-4-8-13-12/h11H,2-10H2,1H3,(H,13,14). The van der Waals surface area contributed by atoms with Crippen molar-refractivity contribution in [2.24, 2.45) is 4.99 Å². The fourth-order valence-corrected chi connectivity index (χ4v) is 2.48. The molecule has 15 heavy (non-hydrogen) atoms. The molecular formula is C12H23N3. The van der Waals surface area contributed by atoms with Crippen LogP contribution in [0.1, 0.15) is 38.5 Å². The quantitative estimate of drug-likeness (QED) is 0.749. The Labute approximate surface area is 92.9 Å². The van der Waals surface area contributed by atoms with Crippen molar-refractivity contribution < 1.29 is 0 Å². The predicted molar refractivity (Wildman–Crippen MR) is 64.4 cm³/mol. The normalized spacial score (nSPS) is 28.6. The van der Waals surface area contributed by atoms with Gasteiger partial charge in [-0.1, -0.05) is 6.42 Å². The van der Waals surface area contributed by atoms with Crippen molar-refractivity contribution in [3.05, 3.63) is 0 Å². The molecule has 2 aliphatic rings. The second kappa shape index (κ2) is 5.50. The van der Waals surface area contributed by atoms with Crippen molar-refractivity contribution in [1.29, 1.82) is 0 Å². The average molecular weight is 209 g/mol. The first kappa shape index (κ1) is 10.9. The Hall–Kier alpha value is -0.570. The van der Waals surface area contributed by atoms with E-state index in [2.05, 4.69) is 22.3 Å². The second-order valence-corrected chi connectivity index (χ2v) is 4.80. The minimum atomic E-state index is 0.725. The Bertz CT molecular complexity index is 225. The molecule has 2 heterocycles. The summed E-state index contributed by atoms with van der Waals surface area (Å²) >= 11 is 0. The van der Waals surface area contributed by atoms with Crippen molar-refractivity contribution in [2.75, 3.05) is 26.7 Å². The lowest BCUT2D eigenvalue weighted by Gasteiger charge is -2.33. The van der Waals surface area contributed by atoms with E-state index in [1.54, 1.807) is 0 Å². The molecule has 3 nitrogen and oxygen atoms in total. The van der Waals surface area contributed by atoms with Gasteiger partial charge in [-0.15, -0.1) is 0 Å². The molecule has 0 aromatic heterocycles. The van der Waals surface area contributed by atoms with Crippen LogP contribution in [0.4, 0.5) is 0 Å². The summed E-state index contributed by atoms with van der Waals surface area (Å²) in [5, 5.41) is 3.53. The molecule has 0 aliphatic carbocycles. The van der Waals surface area contributed by atoms with Crippen LogP contribution in [0.15, 0.2) is 4.99 Å². The monoisotopic (exact) mass is 209 g/mol. The smallest absolute Gasteiger partial charge is 0.0963 e. The highest BCUT2D eigenvalue weighted by Gasteiger charge is 2.18. The lowest BCUT2D eigenvalue weighted by Crippen LogP contribution is -2.44. The van der Waals surface area contributed by atoms with Crippen molar-refractivity contribution in [3.63, 3.8) is 0 Å². The molecule has 1 unspecified atom stereocenters. The third-order valence-electron chi connectivity index (χ3n) is 3.59. The highest BCUT2D eigenvalue weighted by atomic mass is 15.2. The molecule has 2 rings (SSSR count). The van der Waals surface area contributed by atoms with E-state index in [4.69, 9.17) is 0 Å². The van der Waals surface area contributed by atoms with Crippen LogP contribution in [-0.2, 0) is 0 Å². The molecule has 1 N–H and O–H groups in total. The van der Waals surface area contributed by atoms with Crippen LogP contribution < -0.4 is 5.32 Å². The van der Waals surface area contributed by atoms with Crippen LogP contribution in [0, 0.1) is 0 Å². The maximum absolute atomic E-state index is 4.53. The molecule has 0 spiro atoms. The lowest BCUT2D eigenvalue weighted by molar-refractivity contribution is 0.186. The van der Waals surface area contributed by atoms with E-state index in [0.717, 1.165) is 25.6 Å². The number of aliphatic imine (C=N–C) groups is 1. The fraction of sp³-hybridized carbons (Fsp3) is 0.917. The van der Waals surface area contributed by atoms with E-state index in [0.29, 0.717) is 0 Å². The highest BCUT2D eigenvalue weighted by molar-refractivity contribution is 5.82. The Kier molecular flexibility index (Phi) is 4.01. The number of rotatable bonds is 2. The fourth-order valence-electron chi connectivity index (χ4n) is 2.48. The summed E-state index contributed by atoms with van der Waals surface area (Å²) in [6.07, 6.45) is 7.85. The Morgan fingerprint density at radius 1 is 1.33 bits per heavy atom. The van der Waals surface area contributed by atoms with E-state index in [-0.39, 0.29) is 0 Å². The van der Waals surface area contributed by atoms with Crippen LogP contribution in [0.25, 0.3) is 0 Å². The molecule has 86 valence electrons. The van der Waals surface area contributed by atoms with Gasteiger partial charge in [0.25, 0.3) is 0 Å². The molecule has 0 aromatic carbocycles. The number of likely N-dealkylation sites (tertiary alicyclic amines) is 1. The van der Waals surface area contributed by atoms with E-state index in [1.807, 2.05) is 0 Å². The molecular weight excluding hydrogens is 186 g/mol. The number of amidine groups is 1. The molecule has 0 radical (unpaired) electrons. The largest absolute Gasteiger partial charge is 0.372 e. The molecule has 0 aromatic rings. The number of hydrogen-bond acceptors (Lipinski definition) is 3. The van der Waals surface area contributed by atoms with E-state index in [1.165, 1.54) is 44.5 Å². The van der Waals surface area contributed by atoms with Gasteiger partial charge in [-0.25, -0.2) is 0 Å². The second-order valence-electron chi connectivity index (χ2n) is 4.80. The zero-order valence-corrected chi connectivity index (χ0v) is 9.84. The van der Waals surface area contributed by atoms with Crippen LogP contribution in [-0.4, -0.2) is 43.5 Å². The van der Waals surface area contributed by atoms with Crippen molar-refractivity contribution in [1.82, 2.24) is 10.2 Å². The van der Waals surface area contributed by atoms with Crippen LogP contribution in [0.2, 0.25) is 0 Å². The molecule has 2 aliphatic heterocycles. The Morgan fingerprint density at radius 2 is 2.27 bits per heavy atom. The SMILES string of the molecule is CN1CCCCC1CNC1=NCCCC1. The molecule has 0 amide bonds. The third kappa shape index (κ3) is 3.20. The van der Waals surface area contributed by atoms with Gasteiger partial charge < -0.3 is 10.2 Å². The maximum atomic E-state index is 4.53. The molecule has 0 bridgehead atoms. The molecule has 1 saturated heterocycles. The van der Waals surface area contributed by atoms with Gasteiger partial charge in [0.1, 0.15) is 0 Å². The zero-order valence-electron chi connectivity index (χ0n) is 9.84. The van der Waals surface area contributed by atoms with E-state index >= 15 is 0 Å². The van der Waals surface area contributed by atoms with E-state index < -0.39 is 0 Å². The predicted octanol–water partition coefficient (Wildman–Crippen LogP) is 1.64. The van der Waals surface area contributed by atoms with Crippen LogP contribution in [0.3, 0.4) is 0 Å². The van der Waals surface area contributed by atoms with Crippen molar-refractivity contribution in [2.45, 2.75) is 44.6 Å². The zero-order chi connectivity index (χ0) is 10.5. The topological polar surface area (TPSA) is 27.6 Å². The number of piperidine rings is 1. The van der Waals surface area contributed by atoms with Gasteiger partial charge >= 0.3 is 0 Å². The minimum Gasteiger partial charge on any atom is -0.372 e. The summed E-state index contributed by atoms with van der Waals surface area (Å²) in [5.41, 5.74) is 0. The number of hydrogen-bond donors (Lipinski definition) is 1. The summed E-state index contributed by atoms with van der Waals surface area (Å²) < 4.78 is 0. The van der Waals surface area contributed by atoms with Gasteiger partial charge in [0.15, 0.2) is 0 Å². The number of nitrogens with zero attached hydrogens (tertiary/aromatic N) is 2. The average Bonchev–Trinajstić information content (AvgIpc) is 2.29. The molecule has 3 heteroatoms. The first-order valence-electron chi connectivity index (χ1n) is 6.34. The first-order valence-corrected chi connectivity index (χ1v) is 6.34. The van der Waals surface area contributed by atoms with E-state index in [9.17, 15) is 0 Å². The molecule has 0 saturated carbocycles. The summed E-state index contributed by atoms with van der Waals surface area (Å²) in [7, 11) is 2.24. The summed E-state index contributed by atoms with van der Waals surface area (Å²) in [6, 6.07) is 0.725. The summed E-state index contributed by atoms with van der Waals surface area (Å²) in [4.78, 5) is 7.01. The van der Waals surface area contributed by atoms with Gasteiger partial charge in [-0.2, -0.15) is 0 Å².